The summed E-state index contributed by atoms with van der Waals surface area (Å²) in [7, 11) is 3.11. The number of hydrogen-bond donors (Lipinski definition) is 2. The summed E-state index contributed by atoms with van der Waals surface area (Å²) in [4.78, 5) is 27.4. The number of imide groups is 1. The van der Waals surface area contributed by atoms with Crippen LogP contribution < -0.4 is 20.1 Å². The van der Waals surface area contributed by atoms with Crippen LogP contribution in [0.25, 0.3) is 0 Å². The second kappa shape index (κ2) is 10.2. The average molecular weight is 446 g/mol. The molecule has 0 saturated carbocycles. The number of nitrogens with zero attached hydrogens (tertiary/aromatic N) is 1. The average Bonchev–Trinajstić information content (AvgIpc) is 3.09. The van der Waals surface area contributed by atoms with Crippen LogP contribution in [0.5, 0.6) is 11.5 Å². The smallest absolute Gasteiger partial charge is 0.263 e. The lowest BCUT2D eigenvalue weighted by molar-refractivity contribution is 0.0642. The van der Waals surface area contributed by atoms with Crippen molar-refractivity contribution in [1.82, 2.24) is 10.2 Å². The number of nitrogens with one attached hydrogen (secondary N) is 2. The molecular formula is C26H27N3O4. The monoisotopic (exact) mass is 445 g/mol. The molecule has 0 aromatic heterocycles. The number of anilines is 1. The second-order valence-electron chi connectivity index (χ2n) is 7.70. The van der Waals surface area contributed by atoms with Gasteiger partial charge < -0.3 is 20.1 Å². The Hall–Kier alpha value is -3.84. The fourth-order valence-corrected chi connectivity index (χ4v) is 3.90. The highest BCUT2D eigenvalue weighted by molar-refractivity contribution is 6.23. The van der Waals surface area contributed by atoms with Gasteiger partial charge in [0.25, 0.3) is 11.8 Å². The Labute approximate surface area is 193 Å². The molecule has 0 unspecified atom stereocenters. The topological polar surface area (TPSA) is 79.9 Å². The Bertz CT molecular complexity index is 1150. The zero-order valence-corrected chi connectivity index (χ0v) is 18.8. The molecule has 1 heterocycles. The maximum atomic E-state index is 13.2. The minimum Gasteiger partial charge on any atom is -0.493 e. The van der Waals surface area contributed by atoms with Crippen LogP contribution in [0.1, 0.15) is 31.8 Å². The summed E-state index contributed by atoms with van der Waals surface area (Å²) in [5.74, 6) is 0.550. The van der Waals surface area contributed by atoms with Crippen molar-refractivity contribution < 1.29 is 19.1 Å². The van der Waals surface area contributed by atoms with E-state index in [-0.39, 0.29) is 18.4 Å². The molecule has 33 heavy (non-hydrogen) atoms. The molecule has 2 amide bonds. The normalized spacial score (nSPS) is 12.6. The highest BCUT2D eigenvalue weighted by atomic mass is 16.5. The number of methoxy groups -OCH3 is 2. The van der Waals surface area contributed by atoms with E-state index in [0.29, 0.717) is 34.9 Å². The quantitative estimate of drug-likeness (QED) is 0.366. The Balaban J connectivity index is 1.41. The molecular weight excluding hydrogens is 418 g/mol. The van der Waals surface area contributed by atoms with Crippen LogP contribution in [0.15, 0.2) is 66.7 Å². The summed E-state index contributed by atoms with van der Waals surface area (Å²) < 4.78 is 10.6. The van der Waals surface area contributed by atoms with Crippen LogP contribution in [-0.2, 0) is 13.1 Å². The summed E-state index contributed by atoms with van der Waals surface area (Å²) in [6.07, 6.45) is 0. The lowest BCUT2D eigenvalue weighted by Crippen LogP contribution is -2.29. The minimum atomic E-state index is -0.301. The first-order valence-electron chi connectivity index (χ1n) is 10.8. The van der Waals surface area contributed by atoms with E-state index in [4.69, 9.17) is 9.47 Å². The van der Waals surface area contributed by atoms with Gasteiger partial charge in [-0.25, -0.2) is 0 Å². The van der Waals surface area contributed by atoms with Crippen molar-refractivity contribution in [3.8, 4) is 11.5 Å². The third-order valence-electron chi connectivity index (χ3n) is 5.58. The molecule has 1 aliphatic heterocycles. The summed E-state index contributed by atoms with van der Waals surface area (Å²) in [5.41, 5.74) is 3.50. The molecule has 7 nitrogen and oxygen atoms in total. The number of carbonyl (C=O) groups excluding carboxylic acids is 2. The maximum absolute atomic E-state index is 13.2. The highest BCUT2D eigenvalue weighted by Crippen LogP contribution is 2.32. The number of benzene rings is 3. The lowest BCUT2D eigenvalue weighted by Gasteiger charge is -2.16. The van der Waals surface area contributed by atoms with E-state index in [9.17, 15) is 9.59 Å². The predicted octanol–water partition coefficient (Wildman–Crippen LogP) is 3.70. The van der Waals surface area contributed by atoms with Crippen molar-refractivity contribution in [2.24, 2.45) is 0 Å². The van der Waals surface area contributed by atoms with E-state index >= 15 is 0 Å². The standard InChI is InChI=1S/C26H27N3O4/c1-32-22-12-11-19(15-23(22)33-2)17-29-25(30)20-9-6-10-21(24(20)26(29)31)28-14-13-27-16-18-7-4-3-5-8-18/h3-12,15,27-28H,13-14,16-17H2,1-2H3. The molecule has 4 rings (SSSR count). The number of amides is 2. The minimum absolute atomic E-state index is 0.158. The first kappa shape index (κ1) is 22.4. The van der Waals surface area contributed by atoms with Crippen LogP contribution in [0.4, 0.5) is 5.69 Å². The molecule has 0 fully saturated rings. The zero-order valence-electron chi connectivity index (χ0n) is 18.8. The number of hydrogen-bond acceptors (Lipinski definition) is 6. The van der Waals surface area contributed by atoms with Crippen molar-refractivity contribution in [3.63, 3.8) is 0 Å². The first-order valence-corrected chi connectivity index (χ1v) is 10.8. The molecule has 1 aliphatic rings. The summed E-state index contributed by atoms with van der Waals surface area (Å²) in [6.45, 7) is 2.27. The van der Waals surface area contributed by atoms with Gasteiger partial charge in [0.15, 0.2) is 11.5 Å². The summed E-state index contributed by atoms with van der Waals surface area (Å²) in [5, 5.41) is 6.68. The molecule has 0 radical (unpaired) electrons. The van der Waals surface area contributed by atoms with Gasteiger partial charge in [-0.3, -0.25) is 14.5 Å². The zero-order chi connectivity index (χ0) is 23.2. The van der Waals surface area contributed by atoms with Gasteiger partial charge in [-0.05, 0) is 35.4 Å². The van der Waals surface area contributed by atoms with Gasteiger partial charge in [0.2, 0.25) is 0 Å². The van der Waals surface area contributed by atoms with Crippen LogP contribution in [0.3, 0.4) is 0 Å². The Morgan fingerprint density at radius 2 is 1.58 bits per heavy atom. The number of rotatable bonds is 10. The SMILES string of the molecule is COc1ccc(CN2C(=O)c3cccc(NCCNCc4ccccc4)c3C2=O)cc1OC. The number of ether oxygens (including phenoxy) is 2. The third kappa shape index (κ3) is 4.83. The fraction of sp³-hybridized carbons (Fsp3) is 0.231. The van der Waals surface area contributed by atoms with Gasteiger partial charge >= 0.3 is 0 Å². The second-order valence-corrected chi connectivity index (χ2v) is 7.70. The van der Waals surface area contributed by atoms with Gasteiger partial charge in [0.1, 0.15) is 0 Å². The third-order valence-corrected chi connectivity index (χ3v) is 5.58. The molecule has 0 bridgehead atoms. The van der Waals surface area contributed by atoms with Gasteiger partial charge in [0, 0.05) is 25.3 Å². The van der Waals surface area contributed by atoms with Crippen molar-refractivity contribution >= 4 is 17.5 Å². The van der Waals surface area contributed by atoms with E-state index in [2.05, 4.69) is 22.8 Å². The highest BCUT2D eigenvalue weighted by Gasteiger charge is 2.37. The predicted molar refractivity (Wildman–Crippen MR) is 127 cm³/mol. The Morgan fingerprint density at radius 3 is 2.33 bits per heavy atom. The fourth-order valence-electron chi connectivity index (χ4n) is 3.90. The molecule has 170 valence electrons. The van der Waals surface area contributed by atoms with Crippen molar-refractivity contribution in [2.45, 2.75) is 13.1 Å². The molecule has 0 spiro atoms. The van der Waals surface area contributed by atoms with Crippen molar-refractivity contribution in [3.05, 3.63) is 89.0 Å². The molecule has 2 N–H and O–H groups in total. The molecule has 0 aliphatic carbocycles. The van der Waals surface area contributed by atoms with Gasteiger partial charge in [-0.2, -0.15) is 0 Å². The Kier molecular flexibility index (Phi) is 6.90. The van der Waals surface area contributed by atoms with Crippen LogP contribution in [0, 0.1) is 0 Å². The molecule has 3 aromatic carbocycles. The van der Waals surface area contributed by atoms with Gasteiger partial charge in [-0.15, -0.1) is 0 Å². The van der Waals surface area contributed by atoms with E-state index in [1.54, 1.807) is 38.5 Å². The van der Waals surface area contributed by atoms with E-state index in [0.717, 1.165) is 18.7 Å². The molecule has 0 saturated heterocycles. The van der Waals surface area contributed by atoms with Gasteiger partial charge in [0.05, 0.1) is 31.9 Å². The summed E-state index contributed by atoms with van der Waals surface area (Å²) >= 11 is 0. The molecule has 3 aromatic rings. The lowest BCUT2D eigenvalue weighted by atomic mass is 10.1. The van der Waals surface area contributed by atoms with Crippen LogP contribution in [0.2, 0.25) is 0 Å². The van der Waals surface area contributed by atoms with Crippen LogP contribution in [-0.4, -0.2) is 44.0 Å². The first-order chi connectivity index (χ1) is 16.1. The van der Waals surface area contributed by atoms with Crippen molar-refractivity contribution in [1.29, 1.82) is 0 Å². The van der Waals surface area contributed by atoms with Crippen LogP contribution >= 0.6 is 0 Å². The number of carbonyl (C=O) groups is 2. The molecule has 0 atom stereocenters. The van der Waals surface area contributed by atoms with E-state index in [1.807, 2.05) is 30.3 Å². The maximum Gasteiger partial charge on any atom is 0.263 e. The van der Waals surface area contributed by atoms with E-state index in [1.165, 1.54) is 10.5 Å². The largest absolute Gasteiger partial charge is 0.493 e. The number of fused-ring (bicyclic) bond motifs is 1. The summed E-state index contributed by atoms with van der Waals surface area (Å²) in [6, 6.07) is 20.9. The molecule has 7 heteroatoms. The van der Waals surface area contributed by atoms with Gasteiger partial charge in [-0.1, -0.05) is 42.5 Å². The van der Waals surface area contributed by atoms with Crippen molar-refractivity contribution in [2.75, 3.05) is 32.6 Å². The Morgan fingerprint density at radius 1 is 0.788 bits per heavy atom. The van der Waals surface area contributed by atoms with E-state index < -0.39 is 0 Å².